The molecule has 0 aliphatic heterocycles. The van der Waals surface area contributed by atoms with Crippen molar-refractivity contribution in [3.63, 3.8) is 0 Å². The summed E-state index contributed by atoms with van der Waals surface area (Å²) in [6.07, 6.45) is 1.28. The van der Waals surface area contributed by atoms with Gasteiger partial charge in [0.1, 0.15) is 0 Å². The largest absolute Gasteiger partial charge is 0.323 e. The van der Waals surface area contributed by atoms with Crippen LogP contribution < -0.4 is 10.6 Å². The second-order valence-electron chi connectivity index (χ2n) is 2.94. The lowest BCUT2D eigenvalue weighted by Crippen LogP contribution is -2.23. The van der Waals surface area contributed by atoms with Gasteiger partial charge in [-0.3, -0.25) is 4.79 Å². The summed E-state index contributed by atoms with van der Waals surface area (Å²) in [5.74, 6) is -0.0391. The summed E-state index contributed by atoms with van der Waals surface area (Å²) in [4.78, 5) is 22.2. The summed E-state index contributed by atoms with van der Waals surface area (Å²) < 4.78 is 0. The first kappa shape index (κ1) is 11.0. The van der Waals surface area contributed by atoms with E-state index in [1.807, 2.05) is 0 Å². The van der Waals surface area contributed by atoms with Crippen molar-refractivity contribution in [2.75, 3.05) is 5.32 Å². The Kier molecular flexibility index (Phi) is 3.62. The lowest BCUT2D eigenvalue weighted by Gasteiger charge is -2.05. The van der Waals surface area contributed by atoms with E-state index in [9.17, 15) is 9.59 Å². The van der Waals surface area contributed by atoms with E-state index >= 15 is 0 Å². The maximum absolute atomic E-state index is 11.1. The minimum absolute atomic E-state index is 0.0391. The Bertz CT molecular complexity index is 399. The van der Waals surface area contributed by atoms with Crippen LogP contribution in [0.3, 0.4) is 0 Å². The van der Waals surface area contributed by atoms with Crippen LogP contribution in [-0.4, -0.2) is 11.8 Å². The van der Waals surface area contributed by atoms with Crippen LogP contribution in [0.2, 0.25) is 0 Å². The fourth-order valence-corrected chi connectivity index (χ4v) is 1.08. The summed E-state index contributed by atoms with van der Waals surface area (Å²) in [6, 6.07) is 6.34. The van der Waals surface area contributed by atoms with E-state index in [0.29, 0.717) is 11.3 Å². The molecule has 0 saturated heterocycles. The van der Waals surface area contributed by atoms with Gasteiger partial charge < -0.3 is 10.6 Å². The van der Waals surface area contributed by atoms with E-state index in [4.69, 9.17) is 0 Å². The molecule has 0 fully saturated rings. The number of benzene rings is 1. The van der Waals surface area contributed by atoms with Gasteiger partial charge >= 0.3 is 6.03 Å². The van der Waals surface area contributed by atoms with Crippen molar-refractivity contribution in [3.8, 4) is 0 Å². The van der Waals surface area contributed by atoms with Crippen molar-refractivity contribution in [1.29, 1.82) is 0 Å². The highest BCUT2D eigenvalue weighted by molar-refractivity contribution is 5.96. The number of amides is 2. The van der Waals surface area contributed by atoms with E-state index in [1.54, 1.807) is 24.3 Å². The number of Topliss-reactive ketones (excluding diaryl/α,β-unsaturated/α-hetero) is 1. The quantitative estimate of drug-likeness (QED) is 0.741. The Labute approximate surface area is 88.0 Å². The zero-order valence-electron chi connectivity index (χ0n) is 8.41. The number of anilines is 1. The monoisotopic (exact) mass is 204 g/mol. The van der Waals surface area contributed by atoms with Crippen LogP contribution in [0.4, 0.5) is 10.5 Å². The SMILES string of the molecule is C=CNC(=O)Nc1cccc(C(C)=O)c1. The molecule has 2 amide bonds. The van der Waals surface area contributed by atoms with Crippen molar-refractivity contribution in [1.82, 2.24) is 5.32 Å². The zero-order valence-corrected chi connectivity index (χ0v) is 8.41. The molecule has 78 valence electrons. The molecule has 2 N–H and O–H groups in total. The van der Waals surface area contributed by atoms with Crippen molar-refractivity contribution >= 4 is 17.5 Å². The molecule has 0 saturated carbocycles. The minimum Gasteiger partial charge on any atom is -0.315 e. The normalized spacial score (nSPS) is 9.13. The summed E-state index contributed by atoms with van der Waals surface area (Å²) in [5.41, 5.74) is 1.13. The van der Waals surface area contributed by atoms with Crippen LogP contribution in [0.5, 0.6) is 0 Å². The molecule has 0 heterocycles. The van der Waals surface area contributed by atoms with Crippen LogP contribution in [0.15, 0.2) is 37.0 Å². The van der Waals surface area contributed by atoms with Crippen molar-refractivity contribution < 1.29 is 9.59 Å². The van der Waals surface area contributed by atoms with Crippen LogP contribution >= 0.6 is 0 Å². The smallest absolute Gasteiger partial charge is 0.315 e. The number of nitrogens with one attached hydrogen (secondary N) is 2. The highest BCUT2D eigenvalue weighted by atomic mass is 16.2. The van der Waals surface area contributed by atoms with Gasteiger partial charge in [0.15, 0.2) is 5.78 Å². The molecule has 0 unspecified atom stereocenters. The van der Waals surface area contributed by atoms with Gasteiger partial charge in [0, 0.05) is 11.3 Å². The van der Waals surface area contributed by atoms with Crippen molar-refractivity contribution in [3.05, 3.63) is 42.6 Å². The summed E-state index contributed by atoms with van der Waals surface area (Å²) in [7, 11) is 0. The third-order valence-electron chi connectivity index (χ3n) is 1.76. The lowest BCUT2D eigenvalue weighted by atomic mass is 10.1. The number of urea groups is 1. The molecule has 1 rings (SSSR count). The third-order valence-corrected chi connectivity index (χ3v) is 1.76. The molecule has 0 spiro atoms. The average Bonchev–Trinajstić information content (AvgIpc) is 2.18. The van der Waals surface area contributed by atoms with E-state index < -0.39 is 0 Å². The fraction of sp³-hybridized carbons (Fsp3) is 0.0909. The molecule has 0 atom stereocenters. The number of hydrogen-bond donors (Lipinski definition) is 2. The van der Waals surface area contributed by atoms with Crippen LogP contribution in [-0.2, 0) is 0 Å². The van der Waals surface area contributed by atoms with Gasteiger partial charge in [-0.15, -0.1) is 0 Å². The van der Waals surface area contributed by atoms with Gasteiger partial charge in [0.05, 0.1) is 0 Å². The number of hydrogen-bond acceptors (Lipinski definition) is 2. The Morgan fingerprint density at radius 3 is 2.73 bits per heavy atom. The van der Waals surface area contributed by atoms with Crippen molar-refractivity contribution in [2.45, 2.75) is 6.92 Å². The van der Waals surface area contributed by atoms with Crippen molar-refractivity contribution in [2.24, 2.45) is 0 Å². The maximum atomic E-state index is 11.1. The molecule has 1 aromatic carbocycles. The Hall–Kier alpha value is -2.10. The highest BCUT2D eigenvalue weighted by Gasteiger charge is 2.02. The molecule has 0 aliphatic carbocycles. The molecular weight excluding hydrogens is 192 g/mol. The zero-order chi connectivity index (χ0) is 11.3. The molecule has 4 nitrogen and oxygen atoms in total. The number of ketones is 1. The van der Waals surface area contributed by atoms with E-state index in [2.05, 4.69) is 17.2 Å². The minimum atomic E-state index is -0.384. The van der Waals surface area contributed by atoms with E-state index in [1.165, 1.54) is 13.1 Å². The van der Waals surface area contributed by atoms with Gasteiger partial charge in [-0.2, -0.15) is 0 Å². The maximum Gasteiger partial charge on any atom is 0.323 e. The van der Waals surface area contributed by atoms with Gasteiger partial charge in [0.2, 0.25) is 0 Å². The molecule has 0 aliphatic rings. The number of rotatable bonds is 3. The number of carbonyl (C=O) groups excluding carboxylic acids is 2. The first-order valence-corrected chi connectivity index (χ1v) is 4.43. The molecule has 0 bridgehead atoms. The standard InChI is InChI=1S/C11H12N2O2/c1-3-12-11(15)13-10-6-4-5-9(7-10)8(2)14/h3-7H,1H2,2H3,(H2,12,13,15). The predicted octanol–water partition coefficient (Wildman–Crippen LogP) is 2.15. The highest BCUT2D eigenvalue weighted by Crippen LogP contribution is 2.10. The second kappa shape index (κ2) is 4.95. The first-order valence-electron chi connectivity index (χ1n) is 4.43. The Balaban J connectivity index is 2.77. The van der Waals surface area contributed by atoms with Crippen LogP contribution in [0.1, 0.15) is 17.3 Å². The molecule has 0 radical (unpaired) electrons. The first-order chi connectivity index (χ1) is 7.13. The van der Waals surface area contributed by atoms with E-state index in [0.717, 1.165) is 0 Å². The summed E-state index contributed by atoms with van der Waals surface area (Å²) in [6.45, 7) is 4.84. The predicted molar refractivity (Wildman–Crippen MR) is 58.8 cm³/mol. The average molecular weight is 204 g/mol. The van der Waals surface area contributed by atoms with E-state index in [-0.39, 0.29) is 11.8 Å². The Morgan fingerprint density at radius 1 is 1.40 bits per heavy atom. The molecule has 1 aromatic rings. The van der Waals surface area contributed by atoms with Gasteiger partial charge in [-0.1, -0.05) is 18.7 Å². The number of carbonyl (C=O) groups is 2. The third kappa shape index (κ3) is 3.27. The van der Waals surface area contributed by atoms with Gasteiger partial charge in [0.25, 0.3) is 0 Å². The molecular formula is C11H12N2O2. The Morgan fingerprint density at radius 2 is 2.13 bits per heavy atom. The van der Waals surface area contributed by atoms with Crippen LogP contribution in [0, 0.1) is 0 Å². The summed E-state index contributed by atoms with van der Waals surface area (Å²) >= 11 is 0. The van der Waals surface area contributed by atoms with Gasteiger partial charge in [-0.25, -0.2) is 4.79 Å². The molecule has 0 aromatic heterocycles. The summed E-state index contributed by atoms with van der Waals surface area (Å²) in [5, 5.41) is 4.94. The molecule has 15 heavy (non-hydrogen) atoms. The fourth-order valence-electron chi connectivity index (χ4n) is 1.08. The lowest BCUT2D eigenvalue weighted by molar-refractivity contribution is 0.101. The topological polar surface area (TPSA) is 58.2 Å². The van der Waals surface area contributed by atoms with Crippen LogP contribution in [0.25, 0.3) is 0 Å². The molecule has 4 heteroatoms. The van der Waals surface area contributed by atoms with Gasteiger partial charge in [-0.05, 0) is 25.3 Å². The second-order valence-corrected chi connectivity index (χ2v) is 2.94.